The molecule has 0 saturated carbocycles. The van der Waals surface area contributed by atoms with Crippen molar-refractivity contribution >= 4 is 11.2 Å². The van der Waals surface area contributed by atoms with Crippen LogP contribution in [0.25, 0.3) is 11.2 Å². The predicted molar refractivity (Wildman–Crippen MR) is 61.3 cm³/mol. The second-order valence-corrected chi connectivity index (χ2v) is 4.30. The highest BCUT2D eigenvalue weighted by molar-refractivity contribution is 5.73. The number of rotatable bonds is 1. The molecule has 1 unspecified atom stereocenters. The van der Waals surface area contributed by atoms with Gasteiger partial charge in [-0.2, -0.15) is 0 Å². The van der Waals surface area contributed by atoms with Crippen molar-refractivity contribution in [2.45, 2.75) is 25.7 Å². The summed E-state index contributed by atoms with van der Waals surface area (Å²) in [6.07, 6.45) is 4.10. The first kappa shape index (κ1) is 9.72. The topological polar surface area (TPSA) is 66.5 Å². The van der Waals surface area contributed by atoms with Crippen LogP contribution in [-0.4, -0.2) is 33.0 Å². The molecule has 5 nitrogen and oxygen atoms in total. The summed E-state index contributed by atoms with van der Waals surface area (Å²) < 4.78 is 0. The quantitative estimate of drug-likeness (QED) is 0.751. The lowest BCUT2D eigenvalue weighted by molar-refractivity contribution is 0.455. The summed E-state index contributed by atoms with van der Waals surface area (Å²) in [5.41, 5.74) is 2.90. The minimum atomic E-state index is 0.485. The van der Waals surface area contributed by atoms with E-state index in [1.54, 1.807) is 6.33 Å². The summed E-state index contributed by atoms with van der Waals surface area (Å²) in [6, 6.07) is 0. The van der Waals surface area contributed by atoms with Gasteiger partial charge < -0.3 is 10.3 Å². The number of aryl methyl sites for hydroxylation is 1. The molecule has 2 aromatic heterocycles. The molecule has 1 fully saturated rings. The first-order valence-corrected chi connectivity index (χ1v) is 5.73. The van der Waals surface area contributed by atoms with Crippen LogP contribution >= 0.6 is 0 Å². The Bertz CT molecular complexity index is 498. The largest absolute Gasteiger partial charge is 0.342 e. The van der Waals surface area contributed by atoms with Crippen LogP contribution in [0, 0.1) is 6.92 Å². The number of aromatic amines is 1. The van der Waals surface area contributed by atoms with Crippen LogP contribution in [0.15, 0.2) is 6.33 Å². The molecule has 3 rings (SSSR count). The summed E-state index contributed by atoms with van der Waals surface area (Å²) in [7, 11) is 0. The van der Waals surface area contributed by atoms with Crippen molar-refractivity contribution in [1.82, 2.24) is 25.3 Å². The lowest BCUT2D eigenvalue weighted by Gasteiger charge is -2.22. The van der Waals surface area contributed by atoms with Crippen LogP contribution in [0.5, 0.6) is 0 Å². The smallest absolute Gasteiger partial charge is 0.181 e. The summed E-state index contributed by atoms with van der Waals surface area (Å²) in [4.78, 5) is 16.2. The van der Waals surface area contributed by atoms with Gasteiger partial charge in [0.2, 0.25) is 0 Å². The normalized spacial score (nSPS) is 21.4. The first-order chi connectivity index (χ1) is 7.84. The maximum atomic E-state index is 4.57. The van der Waals surface area contributed by atoms with E-state index < -0.39 is 0 Å². The highest BCUT2D eigenvalue weighted by Gasteiger charge is 2.20. The standard InChI is InChI=1S/C11H15N5/c1-7-15-9(8-3-2-4-12-5-8)10-11(16-7)14-6-13-10/h6,8,12H,2-5H2,1H3,(H,13,14,15,16). The maximum absolute atomic E-state index is 4.57. The van der Waals surface area contributed by atoms with E-state index in [4.69, 9.17) is 0 Å². The molecule has 3 heterocycles. The second kappa shape index (κ2) is 3.83. The van der Waals surface area contributed by atoms with Crippen molar-refractivity contribution in [3.63, 3.8) is 0 Å². The Labute approximate surface area is 93.7 Å². The number of imidazole rings is 1. The molecule has 5 heteroatoms. The fourth-order valence-corrected chi connectivity index (χ4v) is 2.35. The molecule has 1 aliphatic heterocycles. The first-order valence-electron chi connectivity index (χ1n) is 5.73. The third kappa shape index (κ3) is 1.57. The Morgan fingerprint density at radius 1 is 1.38 bits per heavy atom. The van der Waals surface area contributed by atoms with E-state index in [0.717, 1.165) is 35.8 Å². The zero-order valence-corrected chi connectivity index (χ0v) is 9.32. The van der Waals surface area contributed by atoms with E-state index in [0.29, 0.717) is 5.92 Å². The van der Waals surface area contributed by atoms with E-state index in [1.165, 1.54) is 12.8 Å². The molecule has 1 atom stereocenters. The zero-order chi connectivity index (χ0) is 11.0. The van der Waals surface area contributed by atoms with Crippen molar-refractivity contribution in [2.75, 3.05) is 13.1 Å². The molecular weight excluding hydrogens is 202 g/mol. The van der Waals surface area contributed by atoms with Crippen LogP contribution in [-0.2, 0) is 0 Å². The van der Waals surface area contributed by atoms with E-state index in [-0.39, 0.29) is 0 Å². The van der Waals surface area contributed by atoms with Crippen molar-refractivity contribution < 1.29 is 0 Å². The van der Waals surface area contributed by atoms with Gasteiger partial charge in [-0.25, -0.2) is 15.0 Å². The van der Waals surface area contributed by atoms with Gasteiger partial charge in [0.1, 0.15) is 11.3 Å². The van der Waals surface area contributed by atoms with Crippen LogP contribution in [0.2, 0.25) is 0 Å². The zero-order valence-electron chi connectivity index (χ0n) is 9.32. The fraction of sp³-hybridized carbons (Fsp3) is 0.545. The highest BCUT2D eigenvalue weighted by Crippen LogP contribution is 2.25. The van der Waals surface area contributed by atoms with Gasteiger partial charge in [0.25, 0.3) is 0 Å². The van der Waals surface area contributed by atoms with Crippen LogP contribution in [0.4, 0.5) is 0 Å². The van der Waals surface area contributed by atoms with Gasteiger partial charge >= 0.3 is 0 Å². The molecular formula is C11H15N5. The lowest BCUT2D eigenvalue weighted by Crippen LogP contribution is -2.29. The molecule has 0 aromatic carbocycles. The molecule has 0 amide bonds. The highest BCUT2D eigenvalue weighted by atomic mass is 15.0. The second-order valence-electron chi connectivity index (χ2n) is 4.30. The minimum absolute atomic E-state index is 0.485. The molecule has 2 N–H and O–H groups in total. The molecule has 84 valence electrons. The molecule has 0 aliphatic carbocycles. The Balaban J connectivity index is 2.09. The third-order valence-electron chi connectivity index (χ3n) is 3.11. The number of H-pyrrole nitrogens is 1. The summed E-state index contributed by atoms with van der Waals surface area (Å²) >= 11 is 0. The number of nitrogens with one attached hydrogen (secondary N) is 2. The number of hydrogen-bond donors (Lipinski definition) is 2. The molecule has 0 spiro atoms. The van der Waals surface area contributed by atoms with E-state index in [1.807, 2.05) is 6.92 Å². The van der Waals surface area contributed by atoms with Gasteiger partial charge in [-0.3, -0.25) is 0 Å². The van der Waals surface area contributed by atoms with Crippen molar-refractivity contribution in [3.8, 4) is 0 Å². The Kier molecular flexibility index (Phi) is 2.32. The van der Waals surface area contributed by atoms with Gasteiger partial charge in [0, 0.05) is 12.5 Å². The summed E-state index contributed by atoms with van der Waals surface area (Å²) in [6.45, 7) is 4.05. The van der Waals surface area contributed by atoms with Crippen LogP contribution < -0.4 is 5.32 Å². The minimum Gasteiger partial charge on any atom is -0.342 e. The Morgan fingerprint density at radius 2 is 2.31 bits per heavy atom. The molecule has 1 saturated heterocycles. The fourth-order valence-electron chi connectivity index (χ4n) is 2.35. The van der Waals surface area contributed by atoms with Gasteiger partial charge in [-0.1, -0.05) is 0 Å². The Morgan fingerprint density at radius 3 is 3.12 bits per heavy atom. The number of piperidine rings is 1. The number of aromatic nitrogens is 4. The molecule has 2 aromatic rings. The average Bonchev–Trinajstić information content (AvgIpc) is 2.77. The number of nitrogens with zero attached hydrogens (tertiary/aromatic N) is 3. The van der Waals surface area contributed by atoms with Crippen LogP contribution in [0.3, 0.4) is 0 Å². The Hall–Kier alpha value is -1.49. The van der Waals surface area contributed by atoms with Crippen molar-refractivity contribution in [2.24, 2.45) is 0 Å². The molecule has 0 bridgehead atoms. The van der Waals surface area contributed by atoms with Crippen molar-refractivity contribution in [3.05, 3.63) is 17.8 Å². The molecule has 1 aliphatic rings. The third-order valence-corrected chi connectivity index (χ3v) is 3.11. The molecule has 0 radical (unpaired) electrons. The van der Waals surface area contributed by atoms with Gasteiger partial charge in [-0.05, 0) is 26.3 Å². The number of hydrogen-bond acceptors (Lipinski definition) is 4. The maximum Gasteiger partial charge on any atom is 0.181 e. The summed E-state index contributed by atoms with van der Waals surface area (Å²) in [5.74, 6) is 1.29. The average molecular weight is 217 g/mol. The predicted octanol–water partition coefficient (Wildman–Crippen LogP) is 1.13. The van der Waals surface area contributed by atoms with Gasteiger partial charge in [0.05, 0.1) is 12.0 Å². The number of fused-ring (bicyclic) bond motifs is 1. The van der Waals surface area contributed by atoms with E-state index in [9.17, 15) is 0 Å². The van der Waals surface area contributed by atoms with E-state index >= 15 is 0 Å². The van der Waals surface area contributed by atoms with Crippen molar-refractivity contribution in [1.29, 1.82) is 0 Å². The van der Waals surface area contributed by atoms with Gasteiger partial charge in [-0.15, -0.1) is 0 Å². The SMILES string of the molecule is Cc1nc(C2CCCNC2)c2[nH]cnc2n1. The summed E-state index contributed by atoms with van der Waals surface area (Å²) in [5, 5.41) is 3.41. The lowest BCUT2D eigenvalue weighted by atomic mass is 9.95. The monoisotopic (exact) mass is 217 g/mol. The molecule has 16 heavy (non-hydrogen) atoms. The van der Waals surface area contributed by atoms with Crippen LogP contribution in [0.1, 0.15) is 30.3 Å². The van der Waals surface area contributed by atoms with Gasteiger partial charge in [0.15, 0.2) is 5.65 Å². The van der Waals surface area contributed by atoms with E-state index in [2.05, 4.69) is 25.3 Å².